The summed E-state index contributed by atoms with van der Waals surface area (Å²) in [5, 5.41) is 16.0. The number of carboxylic acid groups (broad SMARTS) is 1. The van der Waals surface area contributed by atoms with Crippen molar-refractivity contribution >= 4 is 23.8 Å². The number of Topliss-reactive ketones (excluding diaryl/α,β-unsaturated/α-hetero) is 1. The first-order valence-corrected chi connectivity index (χ1v) is 19.4. The van der Waals surface area contributed by atoms with E-state index >= 15 is 0 Å². The van der Waals surface area contributed by atoms with E-state index in [4.69, 9.17) is 4.74 Å². The summed E-state index contributed by atoms with van der Waals surface area (Å²) in [6.45, 7) is 19.8. The van der Waals surface area contributed by atoms with Crippen LogP contribution in [0, 0.1) is 50.7 Å². The Morgan fingerprint density at radius 1 is 0.941 bits per heavy atom. The number of hydrogen-bond acceptors (Lipinski definition) is 6. The minimum absolute atomic E-state index is 0.0305. The van der Waals surface area contributed by atoms with Gasteiger partial charge in [0, 0.05) is 30.8 Å². The van der Waals surface area contributed by atoms with E-state index in [9.17, 15) is 24.3 Å². The summed E-state index contributed by atoms with van der Waals surface area (Å²) in [6, 6.07) is 3.55. The normalized spacial score (nSPS) is 37.1. The van der Waals surface area contributed by atoms with Crippen LogP contribution in [0.2, 0.25) is 0 Å². The number of nitrogens with zero attached hydrogens (tertiary/aromatic N) is 1. The summed E-state index contributed by atoms with van der Waals surface area (Å²) < 4.78 is 6.15. The first kappa shape index (κ1) is 37.5. The summed E-state index contributed by atoms with van der Waals surface area (Å²) in [5.41, 5.74) is 1.08. The second kappa shape index (κ2) is 12.7. The molecule has 0 unspecified atom stereocenters. The highest BCUT2D eigenvalue weighted by Gasteiger charge is 2.70. The van der Waals surface area contributed by atoms with Crippen molar-refractivity contribution in [2.45, 2.75) is 145 Å². The zero-order valence-corrected chi connectivity index (χ0v) is 32.4. The number of carbonyl (C=O) groups excluding carboxylic acids is 3. The highest BCUT2D eigenvalue weighted by Crippen LogP contribution is 2.76. The lowest BCUT2D eigenvalue weighted by molar-refractivity contribution is -0.232. The van der Waals surface area contributed by atoms with Gasteiger partial charge in [-0.3, -0.25) is 19.4 Å². The molecule has 3 N–H and O–H groups in total. The third-order valence-corrected chi connectivity index (χ3v) is 15.4. The van der Waals surface area contributed by atoms with E-state index in [1.807, 2.05) is 12.1 Å². The Kier molecular flexibility index (Phi) is 9.36. The summed E-state index contributed by atoms with van der Waals surface area (Å²) in [6.07, 6.45) is 11.0. The molecular weight excluding hydrogens is 642 g/mol. The van der Waals surface area contributed by atoms with Crippen LogP contribution in [-0.2, 0) is 25.7 Å². The number of urea groups is 1. The fraction of sp³-hybridized carbons (Fsp3) is 0.738. The molecule has 9 nitrogen and oxygen atoms in total. The van der Waals surface area contributed by atoms with Gasteiger partial charge in [-0.1, -0.05) is 48.5 Å². The summed E-state index contributed by atoms with van der Waals surface area (Å²) in [4.78, 5) is 56.3. The van der Waals surface area contributed by atoms with Crippen LogP contribution in [0.25, 0.3) is 0 Å². The Morgan fingerprint density at radius 3 is 2.27 bits per heavy atom. The molecule has 280 valence electrons. The van der Waals surface area contributed by atoms with Gasteiger partial charge in [-0.15, -0.1) is 0 Å². The molecule has 4 fully saturated rings. The standard InChI is InChI=1S/C42H61N3O6/c1-25(2)33-28(46)22-42(45-36(50)44-24-26-14-20-43-21-15-26)19-18-40(8)27(34(33)42)10-11-30-39(7)16-13-31(51-32(47)23-37(3,4)35(48)49)38(5,6)29(39)12-17-41(30,40)9/h14-15,20-21,25,27,29-31H,10-13,16-19,22-24H2,1-9H3,(H,48,49)(H2,44,45,50)/t27-,29+,30-,31+,39+,40-,41-,42-/m1/s1. The monoisotopic (exact) mass is 703 g/mol. The SMILES string of the molecule is CC(C)C1=C2[C@H]3CC[C@@H]4[C@@]5(C)CC[C@H](OC(=O)CC(C)(C)C(=O)O)C(C)(C)[C@@H]5CC[C@@]4(C)[C@]3(C)CC[C@@]2(NC(=O)NCc2ccncc2)CC1=O. The number of rotatable bonds is 8. The van der Waals surface area contributed by atoms with Gasteiger partial charge in [0.25, 0.3) is 0 Å². The number of hydrogen-bond donors (Lipinski definition) is 3. The zero-order chi connectivity index (χ0) is 37.4. The lowest BCUT2D eigenvalue weighted by Crippen LogP contribution is -2.67. The number of nitrogens with one attached hydrogen (secondary N) is 2. The number of carboxylic acids is 1. The van der Waals surface area contributed by atoms with Gasteiger partial charge in [0.1, 0.15) is 6.10 Å². The molecule has 0 spiro atoms. The Labute approximate surface area is 304 Å². The number of ether oxygens (including phenoxy) is 1. The second-order valence-electron chi connectivity index (χ2n) is 19.1. The average Bonchev–Trinajstić information content (AvgIpc) is 3.33. The van der Waals surface area contributed by atoms with Crippen LogP contribution >= 0.6 is 0 Å². The smallest absolute Gasteiger partial charge is 0.315 e. The van der Waals surface area contributed by atoms with Crippen LogP contribution in [0.4, 0.5) is 4.79 Å². The quantitative estimate of drug-likeness (QED) is 0.233. The maximum Gasteiger partial charge on any atom is 0.315 e. The summed E-state index contributed by atoms with van der Waals surface area (Å²) >= 11 is 0. The summed E-state index contributed by atoms with van der Waals surface area (Å²) in [7, 11) is 0. The molecular formula is C42H61N3O6. The maximum atomic E-state index is 13.9. The van der Waals surface area contributed by atoms with Gasteiger partial charge in [-0.25, -0.2) is 4.79 Å². The van der Waals surface area contributed by atoms with Crippen molar-refractivity contribution < 1.29 is 29.0 Å². The molecule has 5 aliphatic carbocycles. The lowest BCUT2D eigenvalue weighted by Gasteiger charge is -2.72. The first-order chi connectivity index (χ1) is 23.7. The molecule has 1 aromatic heterocycles. The van der Waals surface area contributed by atoms with Gasteiger partial charge in [0.15, 0.2) is 5.78 Å². The van der Waals surface area contributed by atoms with Crippen molar-refractivity contribution in [1.29, 1.82) is 0 Å². The van der Waals surface area contributed by atoms with Gasteiger partial charge in [-0.2, -0.15) is 0 Å². The van der Waals surface area contributed by atoms with Crippen molar-refractivity contribution in [3.63, 3.8) is 0 Å². The Hall–Kier alpha value is -3.23. The van der Waals surface area contributed by atoms with E-state index in [-0.39, 0.29) is 57.8 Å². The van der Waals surface area contributed by atoms with E-state index in [2.05, 4.69) is 64.1 Å². The number of ketones is 1. The lowest BCUT2D eigenvalue weighted by atomic mass is 9.33. The molecule has 0 bridgehead atoms. The molecule has 51 heavy (non-hydrogen) atoms. The minimum Gasteiger partial charge on any atom is -0.481 e. The highest BCUT2D eigenvalue weighted by molar-refractivity contribution is 6.02. The molecule has 0 saturated heterocycles. The number of aromatic nitrogens is 1. The third-order valence-electron chi connectivity index (χ3n) is 15.4. The summed E-state index contributed by atoms with van der Waals surface area (Å²) in [5.74, 6) is -0.127. The third kappa shape index (κ3) is 5.93. The maximum absolute atomic E-state index is 13.9. The van der Waals surface area contributed by atoms with Crippen LogP contribution in [0.15, 0.2) is 35.7 Å². The van der Waals surface area contributed by atoms with Gasteiger partial charge in [-0.05, 0) is 134 Å². The van der Waals surface area contributed by atoms with Gasteiger partial charge >= 0.3 is 18.0 Å². The van der Waals surface area contributed by atoms with E-state index in [0.29, 0.717) is 24.8 Å². The second-order valence-corrected chi connectivity index (χ2v) is 19.1. The van der Waals surface area contributed by atoms with E-state index in [1.165, 1.54) is 5.57 Å². The van der Waals surface area contributed by atoms with Crippen molar-refractivity contribution in [3.05, 3.63) is 41.2 Å². The predicted octanol–water partition coefficient (Wildman–Crippen LogP) is 8.03. The van der Waals surface area contributed by atoms with Crippen molar-refractivity contribution in [2.75, 3.05) is 0 Å². The molecule has 4 saturated carbocycles. The molecule has 0 aromatic carbocycles. The molecule has 0 radical (unpaired) electrons. The fourth-order valence-corrected chi connectivity index (χ4v) is 12.5. The number of amides is 2. The van der Waals surface area contributed by atoms with E-state index in [1.54, 1.807) is 26.2 Å². The van der Waals surface area contributed by atoms with E-state index in [0.717, 1.165) is 62.5 Å². The molecule has 1 heterocycles. The zero-order valence-electron chi connectivity index (χ0n) is 32.4. The fourth-order valence-electron chi connectivity index (χ4n) is 12.5. The number of carbonyl (C=O) groups is 4. The minimum atomic E-state index is -1.17. The van der Waals surface area contributed by atoms with Crippen LogP contribution in [0.5, 0.6) is 0 Å². The van der Waals surface area contributed by atoms with Crippen molar-refractivity contribution in [2.24, 2.45) is 50.7 Å². The van der Waals surface area contributed by atoms with Crippen LogP contribution in [0.1, 0.15) is 132 Å². The van der Waals surface area contributed by atoms with Crippen LogP contribution in [-0.4, -0.2) is 45.5 Å². The Bertz CT molecular complexity index is 1620. The molecule has 1 aromatic rings. The number of esters is 1. The number of fused-ring (bicyclic) bond motifs is 7. The number of pyridine rings is 1. The van der Waals surface area contributed by atoms with Crippen LogP contribution < -0.4 is 10.6 Å². The number of aliphatic carboxylic acids is 1. The molecule has 6 rings (SSSR count). The van der Waals surface area contributed by atoms with Crippen LogP contribution in [0.3, 0.4) is 0 Å². The predicted molar refractivity (Wildman–Crippen MR) is 195 cm³/mol. The van der Waals surface area contributed by atoms with Gasteiger partial charge in [0.2, 0.25) is 0 Å². The Morgan fingerprint density at radius 2 is 1.63 bits per heavy atom. The van der Waals surface area contributed by atoms with Crippen molar-refractivity contribution in [1.82, 2.24) is 15.6 Å². The topological polar surface area (TPSA) is 135 Å². The van der Waals surface area contributed by atoms with Crippen molar-refractivity contribution in [3.8, 4) is 0 Å². The highest BCUT2D eigenvalue weighted by atomic mass is 16.5. The molecule has 0 aliphatic heterocycles. The molecule has 9 heteroatoms. The molecule has 5 aliphatic rings. The van der Waals surface area contributed by atoms with Gasteiger partial charge in [0.05, 0.1) is 17.4 Å². The Balaban J connectivity index is 1.26. The largest absolute Gasteiger partial charge is 0.481 e. The van der Waals surface area contributed by atoms with E-state index < -0.39 is 22.9 Å². The van der Waals surface area contributed by atoms with Gasteiger partial charge < -0.3 is 20.5 Å². The first-order valence-electron chi connectivity index (χ1n) is 19.4. The molecule has 2 amide bonds. The number of allylic oxidation sites excluding steroid dienone is 1. The average molecular weight is 704 g/mol. The molecule has 8 atom stereocenters.